The Kier molecular flexibility index (Phi) is 6.96. The van der Waals surface area contributed by atoms with Crippen molar-refractivity contribution in [2.24, 2.45) is 5.92 Å². The summed E-state index contributed by atoms with van der Waals surface area (Å²) in [6.07, 6.45) is 3.82. The van der Waals surface area contributed by atoms with Crippen molar-refractivity contribution in [3.63, 3.8) is 0 Å². The first kappa shape index (κ1) is 17.2. The lowest BCUT2D eigenvalue weighted by Crippen LogP contribution is -2.57. The fourth-order valence-corrected chi connectivity index (χ4v) is 3.54. The third-order valence-electron chi connectivity index (χ3n) is 4.81. The lowest BCUT2D eigenvalue weighted by Gasteiger charge is -2.42. The molecule has 1 aromatic carbocycles. The average Bonchev–Trinajstić information content (AvgIpc) is 2.50. The zero-order valence-electron chi connectivity index (χ0n) is 13.6. The zero-order valence-corrected chi connectivity index (χ0v) is 15.8. The highest BCUT2D eigenvalue weighted by atomic mass is 127. The highest BCUT2D eigenvalue weighted by molar-refractivity contribution is 14.1. The molecule has 0 spiro atoms. The van der Waals surface area contributed by atoms with E-state index in [2.05, 4.69) is 77.8 Å². The first-order valence-electron chi connectivity index (χ1n) is 8.35. The van der Waals surface area contributed by atoms with E-state index in [-0.39, 0.29) is 0 Å². The third-order valence-corrected chi connectivity index (χ3v) is 5.53. The van der Waals surface area contributed by atoms with Gasteiger partial charge in [0.15, 0.2) is 0 Å². The van der Waals surface area contributed by atoms with Crippen molar-refractivity contribution in [1.82, 2.24) is 10.2 Å². The van der Waals surface area contributed by atoms with E-state index in [0.29, 0.717) is 12.1 Å². The van der Waals surface area contributed by atoms with Crippen molar-refractivity contribution in [2.75, 3.05) is 13.1 Å². The summed E-state index contributed by atoms with van der Waals surface area (Å²) < 4.78 is 1.32. The van der Waals surface area contributed by atoms with E-state index < -0.39 is 0 Å². The van der Waals surface area contributed by atoms with Crippen LogP contribution in [-0.2, 0) is 6.54 Å². The van der Waals surface area contributed by atoms with Crippen molar-refractivity contribution < 1.29 is 0 Å². The van der Waals surface area contributed by atoms with E-state index in [0.717, 1.165) is 19.0 Å². The molecule has 0 saturated carbocycles. The molecule has 3 atom stereocenters. The summed E-state index contributed by atoms with van der Waals surface area (Å²) in [5, 5.41) is 3.79. The van der Waals surface area contributed by atoms with Crippen molar-refractivity contribution in [3.05, 3.63) is 33.4 Å². The Morgan fingerprint density at radius 2 is 2.00 bits per heavy atom. The Bertz CT molecular complexity index is 418. The van der Waals surface area contributed by atoms with Crippen LogP contribution >= 0.6 is 22.6 Å². The molecule has 3 heteroatoms. The maximum Gasteiger partial charge on any atom is 0.0237 e. The lowest BCUT2D eigenvalue weighted by molar-refractivity contribution is 0.0960. The van der Waals surface area contributed by atoms with Gasteiger partial charge in [0.2, 0.25) is 0 Å². The monoisotopic (exact) mass is 400 g/mol. The normalized spacial score (nSPS) is 25.0. The first-order valence-corrected chi connectivity index (χ1v) is 9.43. The lowest BCUT2D eigenvalue weighted by atomic mass is 9.94. The summed E-state index contributed by atoms with van der Waals surface area (Å²) in [7, 11) is 0. The molecule has 3 unspecified atom stereocenters. The maximum atomic E-state index is 3.79. The molecule has 0 radical (unpaired) electrons. The molecule has 21 heavy (non-hydrogen) atoms. The number of rotatable bonds is 6. The fraction of sp³-hybridized carbons (Fsp3) is 0.667. The summed E-state index contributed by atoms with van der Waals surface area (Å²) in [5.41, 5.74) is 1.45. The number of nitrogens with zero attached hydrogens (tertiary/aromatic N) is 1. The number of hydrogen-bond acceptors (Lipinski definition) is 2. The molecule has 1 N–H and O–H groups in total. The zero-order chi connectivity index (χ0) is 15.2. The molecule has 1 aliphatic rings. The second-order valence-corrected chi connectivity index (χ2v) is 7.64. The molecule has 0 aliphatic carbocycles. The maximum absolute atomic E-state index is 3.79. The van der Waals surface area contributed by atoms with Crippen LogP contribution in [0.2, 0.25) is 0 Å². The summed E-state index contributed by atoms with van der Waals surface area (Å²) in [6.45, 7) is 10.4. The molecule has 2 rings (SSSR count). The predicted octanol–water partition coefficient (Wildman–Crippen LogP) is 4.28. The van der Waals surface area contributed by atoms with Crippen LogP contribution in [0, 0.1) is 9.49 Å². The van der Waals surface area contributed by atoms with Gasteiger partial charge in [-0.05, 0) is 52.6 Å². The van der Waals surface area contributed by atoms with Gasteiger partial charge in [-0.3, -0.25) is 4.90 Å². The predicted molar refractivity (Wildman–Crippen MR) is 99.5 cm³/mol. The number of nitrogens with one attached hydrogen (secondary N) is 1. The van der Waals surface area contributed by atoms with Crippen LogP contribution in [0.3, 0.4) is 0 Å². The Balaban J connectivity index is 2.04. The molecule has 1 aliphatic heterocycles. The van der Waals surface area contributed by atoms with Gasteiger partial charge < -0.3 is 5.32 Å². The van der Waals surface area contributed by atoms with Crippen LogP contribution in [0.5, 0.6) is 0 Å². The van der Waals surface area contributed by atoms with Crippen molar-refractivity contribution in [1.29, 1.82) is 0 Å². The molecule has 1 aromatic rings. The molecular formula is C18H29IN2. The standard InChI is InChI=1S/C18H29IN2/c1-4-6-17-11-20-18(14(3)5-2)13-21(17)12-15-7-9-16(19)10-8-15/h7-10,14,17-18,20H,4-6,11-13H2,1-3H3. The van der Waals surface area contributed by atoms with Crippen LogP contribution in [-0.4, -0.2) is 30.1 Å². The smallest absolute Gasteiger partial charge is 0.0237 e. The minimum Gasteiger partial charge on any atom is -0.311 e. The minimum absolute atomic E-state index is 0.645. The molecule has 1 saturated heterocycles. The van der Waals surface area contributed by atoms with E-state index in [1.54, 1.807) is 0 Å². The SMILES string of the molecule is CCCC1CNC(C(C)CC)CN1Cc1ccc(I)cc1. The fourth-order valence-electron chi connectivity index (χ4n) is 3.18. The molecule has 2 nitrogen and oxygen atoms in total. The van der Waals surface area contributed by atoms with Crippen LogP contribution < -0.4 is 5.32 Å². The Labute approximate surface area is 143 Å². The molecule has 0 aromatic heterocycles. The summed E-state index contributed by atoms with van der Waals surface area (Å²) in [5.74, 6) is 0.756. The van der Waals surface area contributed by atoms with Gasteiger partial charge in [-0.1, -0.05) is 45.7 Å². The molecular weight excluding hydrogens is 371 g/mol. The van der Waals surface area contributed by atoms with E-state index >= 15 is 0 Å². The van der Waals surface area contributed by atoms with E-state index in [1.807, 2.05) is 0 Å². The summed E-state index contributed by atoms with van der Waals surface area (Å²) in [4.78, 5) is 2.71. The van der Waals surface area contributed by atoms with Gasteiger partial charge in [-0.15, -0.1) is 0 Å². The molecule has 0 amide bonds. The van der Waals surface area contributed by atoms with Crippen LogP contribution in [0.1, 0.15) is 45.6 Å². The van der Waals surface area contributed by atoms with Gasteiger partial charge in [0.05, 0.1) is 0 Å². The van der Waals surface area contributed by atoms with Gasteiger partial charge in [0.25, 0.3) is 0 Å². The number of benzene rings is 1. The Morgan fingerprint density at radius 1 is 1.29 bits per heavy atom. The largest absolute Gasteiger partial charge is 0.311 e. The van der Waals surface area contributed by atoms with Gasteiger partial charge in [-0.2, -0.15) is 0 Å². The Hall–Kier alpha value is -0.130. The van der Waals surface area contributed by atoms with Crippen LogP contribution in [0.25, 0.3) is 0 Å². The highest BCUT2D eigenvalue weighted by Gasteiger charge is 2.29. The van der Waals surface area contributed by atoms with Gasteiger partial charge in [-0.25, -0.2) is 0 Å². The number of halogens is 1. The molecule has 1 heterocycles. The van der Waals surface area contributed by atoms with Gasteiger partial charge in [0.1, 0.15) is 0 Å². The number of hydrogen-bond donors (Lipinski definition) is 1. The molecule has 1 fully saturated rings. The topological polar surface area (TPSA) is 15.3 Å². The molecule has 118 valence electrons. The third kappa shape index (κ3) is 4.93. The molecule has 0 bridgehead atoms. The average molecular weight is 400 g/mol. The van der Waals surface area contributed by atoms with Crippen LogP contribution in [0.4, 0.5) is 0 Å². The van der Waals surface area contributed by atoms with E-state index in [4.69, 9.17) is 0 Å². The van der Waals surface area contributed by atoms with E-state index in [1.165, 1.54) is 34.9 Å². The van der Waals surface area contributed by atoms with Crippen LogP contribution in [0.15, 0.2) is 24.3 Å². The van der Waals surface area contributed by atoms with Gasteiger partial charge in [0, 0.05) is 35.3 Å². The first-order chi connectivity index (χ1) is 10.1. The Morgan fingerprint density at radius 3 is 2.62 bits per heavy atom. The highest BCUT2D eigenvalue weighted by Crippen LogP contribution is 2.20. The van der Waals surface area contributed by atoms with Crippen molar-refractivity contribution >= 4 is 22.6 Å². The quantitative estimate of drug-likeness (QED) is 0.718. The summed E-state index contributed by atoms with van der Waals surface area (Å²) in [6, 6.07) is 10.3. The van der Waals surface area contributed by atoms with Gasteiger partial charge >= 0.3 is 0 Å². The van der Waals surface area contributed by atoms with E-state index in [9.17, 15) is 0 Å². The van der Waals surface area contributed by atoms with Crippen molar-refractivity contribution in [2.45, 2.75) is 58.7 Å². The minimum atomic E-state index is 0.645. The summed E-state index contributed by atoms with van der Waals surface area (Å²) >= 11 is 2.38. The van der Waals surface area contributed by atoms with Crippen molar-refractivity contribution in [3.8, 4) is 0 Å². The number of piperazine rings is 1. The second-order valence-electron chi connectivity index (χ2n) is 6.40. The second kappa shape index (κ2) is 8.49.